The highest BCUT2D eigenvalue weighted by molar-refractivity contribution is 7.16. The third-order valence-corrected chi connectivity index (χ3v) is 6.92. The van der Waals surface area contributed by atoms with E-state index >= 15 is 0 Å². The van der Waals surface area contributed by atoms with E-state index in [1.54, 1.807) is 22.7 Å². The van der Waals surface area contributed by atoms with E-state index in [9.17, 15) is 10.1 Å². The van der Waals surface area contributed by atoms with E-state index in [0.29, 0.717) is 12.0 Å². The maximum atomic E-state index is 12.4. The number of nitrogens with one attached hydrogen (secondary N) is 1. The van der Waals surface area contributed by atoms with Crippen LogP contribution in [0, 0.1) is 11.3 Å². The third-order valence-electron chi connectivity index (χ3n) is 4.85. The van der Waals surface area contributed by atoms with Crippen LogP contribution in [0.1, 0.15) is 53.5 Å². The smallest absolute Gasteiger partial charge is 0.226 e. The molecule has 1 N–H and O–H groups in total. The van der Waals surface area contributed by atoms with Crippen LogP contribution in [0.15, 0.2) is 17.5 Å². The number of rotatable bonds is 7. The summed E-state index contributed by atoms with van der Waals surface area (Å²) in [5.74, 6) is 0.00235. The van der Waals surface area contributed by atoms with Crippen LogP contribution >= 0.6 is 22.7 Å². The molecule has 138 valence electrons. The summed E-state index contributed by atoms with van der Waals surface area (Å²) in [6.07, 6.45) is 6.00. The SMILES string of the molecule is CCN(CCC(=O)Nc1sc2c(c1C#N)CCCCC2)Cc1cccs1. The van der Waals surface area contributed by atoms with Gasteiger partial charge in [-0.2, -0.15) is 5.26 Å². The fourth-order valence-corrected chi connectivity index (χ4v) is 5.37. The minimum atomic E-state index is 0.00235. The van der Waals surface area contributed by atoms with Gasteiger partial charge >= 0.3 is 0 Å². The molecule has 2 aromatic rings. The average molecular weight is 388 g/mol. The highest BCUT2D eigenvalue weighted by atomic mass is 32.1. The van der Waals surface area contributed by atoms with Crippen LogP contribution in [0.4, 0.5) is 5.00 Å². The summed E-state index contributed by atoms with van der Waals surface area (Å²) in [4.78, 5) is 17.3. The van der Waals surface area contributed by atoms with E-state index in [1.807, 2.05) is 0 Å². The number of hydrogen-bond acceptors (Lipinski definition) is 5. The van der Waals surface area contributed by atoms with Crippen molar-refractivity contribution in [2.24, 2.45) is 0 Å². The molecule has 2 aromatic heterocycles. The molecular formula is C20H25N3OS2. The standard InChI is InChI=1S/C20H25N3OS2/c1-2-23(14-15-7-6-12-25-15)11-10-19(24)22-20-17(13-21)16-8-4-3-5-9-18(16)26-20/h6-7,12H,2-5,8-11,14H2,1H3,(H,22,24). The van der Waals surface area contributed by atoms with Crippen molar-refractivity contribution >= 4 is 33.6 Å². The zero-order valence-corrected chi connectivity index (χ0v) is 16.8. The van der Waals surface area contributed by atoms with Gasteiger partial charge in [0, 0.05) is 29.3 Å². The number of fused-ring (bicyclic) bond motifs is 1. The molecule has 1 amide bonds. The van der Waals surface area contributed by atoms with Gasteiger partial charge in [0.15, 0.2) is 0 Å². The van der Waals surface area contributed by atoms with Crippen LogP contribution in [-0.2, 0) is 24.2 Å². The number of hydrogen-bond donors (Lipinski definition) is 1. The Kier molecular flexibility index (Phi) is 6.84. The van der Waals surface area contributed by atoms with Crippen molar-refractivity contribution in [3.63, 3.8) is 0 Å². The van der Waals surface area contributed by atoms with Crippen molar-refractivity contribution in [2.45, 2.75) is 52.0 Å². The number of nitrogens with zero attached hydrogens (tertiary/aromatic N) is 2. The third kappa shape index (κ3) is 4.73. The molecule has 4 nitrogen and oxygen atoms in total. The lowest BCUT2D eigenvalue weighted by atomic mass is 10.1. The highest BCUT2D eigenvalue weighted by Gasteiger charge is 2.21. The molecule has 3 rings (SSSR count). The molecule has 0 saturated heterocycles. The van der Waals surface area contributed by atoms with Crippen LogP contribution in [0.25, 0.3) is 0 Å². The van der Waals surface area contributed by atoms with Gasteiger partial charge in [0.05, 0.1) is 5.56 Å². The number of aryl methyl sites for hydroxylation is 1. The lowest BCUT2D eigenvalue weighted by Crippen LogP contribution is -2.27. The Balaban J connectivity index is 1.58. The number of carbonyl (C=O) groups is 1. The van der Waals surface area contributed by atoms with Gasteiger partial charge in [0.1, 0.15) is 11.1 Å². The molecule has 0 unspecified atom stereocenters. The van der Waals surface area contributed by atoms with Crippen molar-refractivity contribution in [1.82, 2.24) is 4.90 Å². The predicted molar refractivity (Wildman–Crippen MR) is 109 cm³/mol. The fourth-order valence-electron chi connectivity index (χ4n) is 3.37. The molecule has 0 spiro atoms. The van der Waals surface area contributed by atoms with Gasteiger partial charge in [-0.1, -0.05) is 19.4 Å². The highest BCUT2D eigenvalue weighted by Crippen LogP contribution is 2.37. The van der Waals surface area contributed by atoms with Gasteiger partial charge in [0.25, 0.3) is 0 Å². The lowest BCUT2D eigenvalue weighted by molar-refractivity contribution is -0.116. The molecule has 0 fully saturated rings. The van der Waals surface area contributed by atoms with Crippen molar-refractivity contribution in [1.29, 1.82) is 5.26 Å². The van der Waals surface area contributed by atoms with Gasteiger partial charge < -0.3 is 5.32 Å². The monoisotopic (exact) mass is 387 g/mol. The summed E-state index contributed by atoms with van der Waals surface area (Å²) in [5.41, 5.74) is 1.88. The molecule has 0 aliphatic heterocycles. The Morgan fingerprint density at radius 1 is 1.35 bits per heavy atom. The zero-order valence-electron chi connectivity index (χ0n) is 15.2. The van der Waals surface area contributed by atoms with Gasteiger partial charge in [-0.05, 0) is 49.2 Å². The molecule has 1 aliphatic rings. The molecule has 1 aliphatic carbocycles. The summed E-state index contributed by atoms with van der Waals surface area (Å²) < 4.78 is 0. The first-order chi connectivity index (χ1) is 12.7. The number of amides is 1. The zero-order chi connectivity index (χ0) is 18.4. The van der Waals surface area contributed by atoms with E-state index < -0.39 is 0 Å². The first-order valence-corrected chi connectivity index (χ1v) is 11.0. The van der Waals surface area contributed by atoms with Crippen LogP contribution in [0.5, 0.6) is 0 Å². The van der Waals surface area contributed by atoms with Crippen LogP contribution in [0.3, 0.4) is 0 Å². The average Bonchev–Trinajstić information content (AvgIpc) is 3.20. The Hall–Kier alpha value is -1.68. The molecule has 0 radical (unpaired) electrons. The van der Waals surface area contributed by atoms with Gasteiger partial charge in [-0.15, -0.1) is 22.7 Å². The second-order valence-corrected chi connectivity index (χ2v) is 8.76. The fraction of sp³-hybridized carbons (Fsp3) is 0.500. The molecule has 0 atom stereocenters. The van der Waals surface area contributed by atoms with Gasteiger partial charge in [0.2, 0.25) is 5.91 Å². The maximum absolute atomic E-state index is 12.4. The van der Waals surface area contributed by atoms with Crippen LogP contribution < -0.4 is 5.32 Å². The van der Waals surface area contributed by atoms with Gasteiger partial charge in [-0.3, -0.25) is 9.69 Å². The number of nitriles is 1. The number of anilines is 1. The predicted octanol–water partition coefficient (Wildman–Crippen LogP) is 4.80. The van der Waals surface area contributed by atoms with Crippen LogP contribution in [-0.4, -0.2) is 23.9 Å². The second kappa shape index (κ2) is 9.31. The molecular weight excluding hydrogens is 362 g/mol. The van der Waals surface area contributed by atoms with E-state index in [-0.39, 0.29) is 5.91 Å². The summed E-state index contributed by atoms with van der Waals surface area (Å²) in [6.45, 7) is 4.66. The van der Waals surface area contributed by atoms with Crippen molar-refractivity contribution in [3.05, 3.63) is 38.4 Å². The van der Waals surface area contributed by atoms with Crippen LogP contribution in [0.2, 0.25) is 0 Å². The molecule has 0 aromatic carbocycles. The number of carbonyl (C=O) groups excluding carboxylic acids is 1. The topological polar surface area (TPSA) is 56.1 Å². The first-order valence-electron chi connectivity index (χ1n) is 9.30. The summed E-state index contributed by atoms with van der Waals surface area (Å²) >= 11 is 3.35. The molecule has 26 heavy (non-hydrogen) atoms. The Morgan fingerprint density at radius 3 is 2.92 bits per heavy atom. The van der Waals surface area contributed by atoms with Crippen molar-refractivity contribution < 1.29 is 4.79 Å². The number of thiophene rings is 2. The van der Waals surface area contributed by atoms with E-state index in [0.717, 1.165) is 43.9 Å². The van der Waals surface area contributed by atoms with Crippen molar-refractivity contribution in [3.8, 4) is 6.07 Å². The molecule has 0 bridgehead atoms. The Labute approximate surface area is 163 Å². The largest absolute Gasteiger partial charge is 0.317 e. The Morgan fingerprint density at radius 2 is 2.19 bits per heavy atom. The summed E-state index contributed by atoms with van der Waals surface area (Å²) in [6, 6.07) is 6.52. The molecule has 2 heterocycles. The van der Waals surface area contributed by atoms with E-state index in [1.165, 1.54) is 28.2 Å². The maximum Gasteiger partial charge on any atom is 0.226 e. The summed E-state index contributed by atoms with van der Waals surface area (Å²) in [7, 11) is 0. The van der Waals surface area contributed by atoms with E-state index in [2.05, 4.69) is 40.7 Å². The quantitative estimate of drug-likeness (QED) is 0.694. The van der Waals surface area contributed by atoms with Gasteiger partial charge in [-0.25, -0.2) is 0 Å². The first kappa shape index (κ1) is 19.1. The molecule has 6 heteroatoms. The minimum absolute atomic E-state index is 0.00235. The van der Waals surface area contributed by atoms with Crippen molar-refractivity contribution in [2.75, 3.05) is 18.4 Å². The molecule has 0 saturated carbocycles. The second-order valence-electron chi connectivity index (χ2n) is 6.63. The normalized spacial score (nSPS) is 13.9. The lowest BCUT2D eigenvalue weighted by Gasteiger charge is -2.19. The summed E-state index contributed by atoms with van der Waals surface area (Å²) in [5, 5.41) is 15.4. The van der Waals surface area contributed by atoms with E-state index in [4.69, 9.17) is 0 Å². The Bertz CT molecular complexity index is 774. The minimum Gasteiger partial charge on any atom is -0.317 e.